The second-order valence-corrected chi connectivity index (χ2v) is 39.5. The van der Waals surface area contributed by atoms with Gasteiger partial charge in [-0.15, -0.1) is 0 Å². The van der Waals surface area contributed by atoms with Gasteiger partial charge in [0.2, 0.25) is 0 Å². The molecule has 7 unspecified atom stereocenters. The number of carbonyl (C=O) groups is 1. The lowest BCUT2D eigenvalue weighted by Gasteiger charge is -2.58. The summed E-state index contributed by atoms with van der Waals surface area (Å²) in [5, 5.41) is 144. The van der Waals surface area contributed by atoms with Crippen molar-refractivity contribution in [2.75, 3.05) is 0 Å². The number of esters is 1. The summed E-state index contributed by atoms with van der Waals surface area (Å²) in [5.41, 5.74) is 3.25. The number of allylic oxidation sites excluding steroid dienone is 3. The Balaban J connectivity index is 0.000000168. The maximum atomic E-state index is 14.4. The summed E-state index contributed by atoms with van der Waals surface area (Å²) in [6.45, 7) is 41.3. The van der Waals surface area contributed by atoms with Crippen LogP contribution in [0.2, 0.25) is 0 Å². The van der Waals surface area contributed by atoms with Crippen molar-refractivity contribution in [2.45, 2.75) is 379 Å². The van der Waals surface area contributed by atoms with Crippen LogP contribution in [0.1, 0.15) is 344 Å². The van der Waals surface area contributed by atoms with E-state index < -0.39 is 69.1 Å². The van der Waals surface area contributed by atoms with Crippen molar-refractivity contribution in [1.82, 2.24) is 0 Å². The number of hydrogen-bond donors (Lipinski definition) is 13. The van der Waals surface area contributed by atoms with Crippen LogP contribution in [0.15, 0.2) is 101 Å². The lowest BCUT2D eigenvalue weighted by Crippen LogP contribution is -2.74. The highest BCUT2D eigenvalue weighted by Gasteiger charge is 2.69. The zero-order chi connectivity index (χ0) is 89.0. The fourth-order valence-corrected chi connectivity index (χ4v) is 21.0. The summed E-state index contributed by atoms with van der Waals surface area (Å²) in [4.78, 5) is 14.4. The summed E-state index contributed by atoms with van der Waals surface area (Å²) in [6, 6.07) is 16.5. The first-order valence-electron chi connectivity index (χ1n) is 45.0. The van der Waals surface area contributed by atoms with E-state index in [4.69, 9.17) is 23.7 Å². The second-order valence-electron chi connectivity index (χ2n) is 39.5. The molecule has 1 saturated carbocycles. The van der Waals surface area contributed by atoms with Gasteiger partial charge in [-0.3, -0.25) is 0 Å². The van der Waals surface area contributed by atoms with Crippen molar-refractivity contribution in [2.24, 2.45) is 11.8 Å². The highest BCUT2D eigenvalue weighted by Crippen LogP contribution is 2.62. The van der Waals surface area contributed by atoms with Gasteiger partial charge in [-0.05, 0) is 324 Å². The summed E-state index contributed by atoms with van der Waals surface area (Å²) in [5.74, 6) is 1.88. The Kier molecular flexibility index (Phi) is 27.8. The third kappa shape index (κ3) is 18.6. The van der Waals surface area contributed by atoms with Crippen LogP contribution in [0.4, 0.5) is 0 Å². The van der Waals surface area contributed by atoms with E-state index in [2.05, 4.69) is 67.2 Å². The van der Waals surface area contributed by atoms with Crippen LogP contribution >= 0.6 is 0 Å². The molecule has 19 nitrogen and oxygen atoms in total. The summed E-state index contributed by atoms with van der Waals surface area (Å²) in [6.07, 6.45) is 21.1. The maximum absolute atomic E-state index is 14.4. The third-order valence-electron chi connectivity index (χ3n) is 27.9. The first kappa shape index (κ1) is 93.7. The van der Waals surface area contributed by atoms with Crippen LogP contribution < -0.4 is 18.9 Å². The lowest BCUT2D eigenvalue weighted by atomic mass is 9.60. The van der Waals surface area contributed by atoms with Crippen LogP contribution in [0.5, 0.6) is 57.5 Å². The van der Waals surface area contributed by atoms with E-state index in [0.29, 0.717) is 95.3 Å². The van der Waals surface area contributed by atoms with Gasteiger partial charge in [0.25, 0.3) is 0 Å². The van der Waals surface area contributed by atoms with Crippen LogP contribution in [-0.4, -0.2) is 135 Å². The molecular weight excluding hydrogens is 1530 g/mol. The SMILES string of the molecule is C=C(C)[C@@H]1CCC(C)=C[C@H]1c1c(O)cc(CCCCC)c(C(=O)OC2(C)CCC3=C(c4c(O)cc(CCCC)cc4OC3(C)C)C2O)c1O.CCCCc1cc(O)c2c(c1)OC(C)(C)C1(O)C(O)CC(C)=CC21O.CCCCc1cc(O)c2c(c1)OC(C)(C)C1=C2CC(C)(O)C(O)C1.CCCCc1cc(O)c2c(c1)OC(C)(C)[C@@H]1CC[C@](C)(O)C[C@@H]21. The van der Waals surface area contributed by atoms with Gasteiger partial charge < -0.3 is 90.1 Å². The fourth-order valence-electron chi connectivity index (χ4n) is 21.0. The van der Waals surface area contributed by atoms with Crippen molar-refractivity contribution < 1.29 is 94.9 Å². The van der Waals surface area contributed by atoms with Crippen LogP contribution in [0, 0.1) is 11.8 Å². The van der Waals surface area contributed by atoms with Gasteiger partial charge in [-0.25, -0.2) is 4.79 Å². The fraction of sp³-hybridized carbons (Fsp3) is 0.598. The molecule has 0 bridgehead atoms. The number of ether oxygens (including phenoxy) is 5. The number of phenols is 6. The quantitative estimate of drug-likeness (QED) is 0.0196. The average molecular weight is 1670 g/mol. The first-order valence-corrected chi connectivity index (χ1v) is 45.0. The molecule has 0 spiro atoms. The number of fused-ring (bicyclic) bond motifs is 10. The molecule has 4 aliphatic heterocycles. The van der Waals surface area contributed by atoms with Crippen molar-refractivity contribution in [1.29, 1.82) is 0 Å². The van der Waals surface area contributed by atoms with Crippen molar-refractivity contribution >= 4 is 17.1 Å². The second kappa shape index (κ2) is 35.9. The minimum Gasteiger partial charge on any atom is -0.508 e. The van der Waals surface area contributed by atoms with Gasteiger partial charge >= 0.3 is 5.97 Å². The normalized spacial score (nSPS) is 28.4. The van der Waals surface area contributed by atoms with E-state index in [1.807, 2.05) is 72.7 Å². The molecular formula is C102H142O19. The first-order chi connectivity index (χ1) is 56.6. The molecule has 14 rings (SSSR count). The lowest BCUT2D eigenvalue weighted by molar-refractivity contribution is -0.272. The molecule has 664 valence electrons. The topological polar surface area (TPSA) is 326 Å². The highest BCUT2D eigenvalue weighted by molar-refractivity contribution is 5.96. The van der Waals surface area contributed by atoms with Crippen molar-refractivity contribution in [3.05, 3.63) is 162 Å². The smallest absolute Gasteiger partial charge is 0.342 e. The molecule has 5 aliphatic carbocycles. The van der Waals surface area contributed by atoms with E-state index >= 15 is 0 Å². The number of rotatable bonds is 20. The number of carbonyl (C=O) groups excluding carboxylic acids is 1. The van der Waals surface area contributed by atoms with E-state index in [1.165, 1.54) is 6.08 Å². The van der Waals surface area contributed by atoms with Gasteiger partial charge in [-0.2, -0.15) is 0 Å². The number of hydrogen-bond acceptors (Lipinski definition) is 19. The summed E-state index contributed by atoms with van der Waals surface area (Å²) < 4.78 is 31.3. The largest absolute Gasteiger partial charge is 0.508 e. The molecule has 0 radical (unpaired) electrons. The molecule has 13 N–H and O–H groups in total. The summed E-state index contributed by atoms with van der Waals surface area (Å²) >= 11 is 0. The Bertz CT molecular complexity index is 4810. The molecule has 19 heteroatoms. The predicted octanol–water partition coefficient (Wildman–Crippen LogP) is 20.2. The van der Waals surface area contributed by atoms with E-state index in [-0.39, 0.29) is 69.7 Å². The Morgan fingerprint density at radius 1 is 0.537 bits per heavy atom. The molecule has 0 aromatic heterocycles. The van der Waals surface area contributed by atoms with E-state index in [9.17, 15) is 71.2 Å². The molecule has 5 aromatic rings. The summed E-state index contributed by atoms with van der Waals surface area (Å²) in [7, 11) is 0. The highest BCUT2D eigenvalue weighted by atomic mass is 16.6. The number of aliphatic hydroxyl groups excluding tert-OH is 3. The molecule has 121 heavy (non-hydrogen) atoms. The predicted molar refractivity (Wildman–Crippen MR) is 475 cm³/mol. The van der Waals surface area contributed by atoms with Crippen LogP contribution in [0.3, 0.4) is 0 Å². The monoisotopic (exact) mass is 1670 g/mol. The zero-order valence-electron chi connectivity index (χ0n) is 75.7. The molecule has 4 heterocycles. The van der Waals surface area contributed by atoms with Gasteiger partial charge in [-0.1, -0.05) is 103 Å². The number of aromatic hydroxyl groups is 6. The molecule has 9 aliphatic rings. The molecule has 1 fully saturated rings. The maximum Gasteiger partial charge on any atom is 0.342 e. The van der Waals surface area contributed by atoms with Gasteiger partial charge in [0.15, 0.2) is 11.2 Å². The Morgan fingerprint density at radius 3 is 1.63 bits per heavy atom. The van der Waals surface area contributed by atoms with Crippen molar-refractivity contribution in [3.8, 4) is 57.5 Å². The third-order valence-corrected chi connectivity index (χ3v) is 27.9. The number of aliphatic hydroxyl groups is 7. The minimum absolute atomic E-state index is 0.00883. The number of phenolic OH excluding ortho intramolecular Hbond substituents is 6. The average Bonchev–Trinajstić information content (AvgIpc) is 0.681. The zero-order valence-corrected chi connectivity index (χ0v) is 75.7. The number of benzene rings is 5. The molecule has 0 amide bonds. The molecule has 0 saturated heterocycles. The molecule has 12 atom stereocenters. The van der Waals surface area contributed by atoms with E-state index in [0.717, 1.165) is 189 Å². The van der Waals surface area contributed by atoms with Crippen LogP contribution in [0.25, 0.3) is 11.1 Å². The minimum atomic E-state index is -1.98. The van der Waals surface area contributed by atoms with Gasteiger partial charge in [0, 0.05) is 47.3 Å². The standard InChI is InChI=1S/C42H56O7.C20H28O5.C20H28O4.C20H30O3/c1-9-11-13-15-27-23-32(44)35(29-20-25(5)16-17-28(29)24(3)4)38(45)34(27)40(47)49-42(8)19-18-30-36(39(42)46)37-31(43)21-26(14-12-10-2)22-33(37)48-41(30,6)7;1-5-6-7-13-9-14(21)17-15(10-13)25-18(3,4)20(24)16(22)8-12(2)11-19(17,20)23;1-5-6-7-12-8-15(21)18-13-11-20(4,23)17(22)10-14(13)19(2,3)24-16(18)9-12;1-5-6-7-13-10-16(21)18-14-12-20(4,22)9-8-15(14)19(2,3)23-17(18)11-13/h20-23,28-29,39,43-46H,3,9-19H2,1-2,4-8H3;9-11,16,21-24H,5-8H2,1-4H3;8-9,17,21-23H,5-7,10-11H2,1-4H3;10-11,14-15,21-22H,5-9,12H2,1-4H3/t28-,29+,39?,42?;;;14-,15-,20+/m0..1/s1. The Morgan fingerprint density at radius 2 is 1.06 bits per heavy atom. The van der Waals surface area contributed by atoms with Crippen molar-refractivity contribution in [3.63, 3.8) is 0 Å². The van der Waals surface area contributed by atoms with E-state index in [1.54, 1.807) is 58.9 Å². The van der Waals surface area contributed by atoms with Crippen LogP contribution in [-0.2, 0) is 42.4 Å². The number of aryl methyl sites for hydroxylation is 5. The number of unbranched alkanes of at least 4 members (excludes halogenated alkanes) is 6. The molecule has 5 aromatic carbocycles. The Labute approximate surface area is 719 Å². The van der Waals surface area contributed by atoms with Gasteiger partial charge in [0.05, 0.1) is 40.1 Å². The van der Waals surface area contributed by atoms with Gasteiger partial charge in [0.1, 0.15) is 97.2 Å². The Hall–Kier alpha value is -8.01.